The molecule has 146 valence electrons. The summed E-state index contributed by atoms with van der Waals surface area (Å²) in [5, 5.41) is 2.07. The quantitative estimate of drug-likeness (QED) is 0.471. The van der Waals surface area contributed by atoms with E-state index < -0.39 is 30.9 Å². The maximum Gasteiger partial charge on any atom is 0.340 e. The molecule has 0 aliphatic heterocycles. The Balaban J connectivity index is 1.67. The lowest BCUT2D eigenvalue weighted by molar-refractivity contribution is -0.179. The van der Waals surface area contributed by atoms with Gasteiger partial charge < -0.3 is 9.47 Å². The Labute approximate surface area is 153 Å². The first-order chi connectivity index (χ1) is 12.8. The predicted octanol–water partition coefficient (Wildman–Crippen LogP) is 4.50. The summed E-state index contributed by atoms with van der Waals surface area (Å²) in [5.41, 5.74) is 0.802. The molecule has 0 saturated carbocycles. The number of benzene rings is 2. The molecule has 2 aromatic rings. The van der Waals surface area contributed by atoms with Crippen molar-refractivity contribution in [2.75, 3.05) is 6.61 Å². The van der Waals surface area contributed by atoms with Gasteiger partial charge in [-0.15, -0.1) is 0 Å². The van der Waals surface area contributed by atoms with Gasteiger partial charge in [0.15, 0.2) is 6.61 Å². The van der Waals surface area contributed by atoms with E-state index in [0.717, 1.165) is 16.3 Å². The molecule has 0 atom stereocenters. The Morgan fingerprint density at radius 2 is 1.56 bits per heavy atom. The zero-order valence-corrected chi connectivity index (χ0v) is 14.3. The highest BCUT2D eigenvalue weighted by Gasteiger charge is 2.42. The topological polar surface area (TPSA) is 52.6 Å². The predicted molar refractivity (Wildman–Crippen MR) is 89.5 cm³/mol. The molecule has 2 rings (SSSR count). The van der Waals surface area contributed by atoms with Gasteiger partial charge >= 0.3 is 24.3 Å². The number of halogens is 4. The molecule has 0 aliphatic rings. The van der Waals surface area contributed by atoms with Crippen LogP contribution in [0.3, 0.4) is 0 Å². The van der Waals surface area contributed by atoms with E-state index >= 15 is 0 Å². The number of esters is 2. The summed E-state index contributed by atoms with van der Waals surface area (Å²) in [6.07, 6.45) is -4.36. The lowest BCUT2D eigenvalue weighted by atomic mass is 10.1. The Bertz CT molecular complexity index is 792. The number of carbonyl (C=O) groups is 2. The van der Waals surface area contributed by atoms with Crippen molar-refractivity contribution in [3.63, 3.8) is 0 Å². The molecular formula is C19H18F4O4. The number of alkyl halides is 4. The van der Waals surface area contributed by atoms with Crippen LogP contribution in [-0.2, 0) is 25.7 Å². The van der Waals surface area contributed by atoms with Gasteiger partial charge in [-0.05, 0) is 28.8 Å². The van der Waals surface area contributed by atoms with Crippen LogP contribution in [0.4, 0.5) is 17.6 Å². The number of ether oxygens (including phenoxy) is 2. The zero-order valence-electron chi connectivity index (χ0n) is 14.3. The fourth-order valence-corrected chi connectivity index (χ4v) is 2.25. The summed E-state index contributed by atoms with van der Waals surface area (Å²) >= 11 is 0. The van der Waals surface area contributed by atoms with Crippen LogP contribution < -0.4 is 0 Å². The average molecular weight is 386 g/mol. The van der Waals surface area contributed by atoms with Crippen LogP contribution in [0.15, 0.2) is 42.5 Å². The van der Waals surface area contributed by atoms with E-state index in [0.29, 0.717) is 0 Å². The van der Waals surface area contributed by atoms with Crippen LogP contribution >= 0.6 is 0 Å². The van der Waals surface area contributed by atoms with Gasteiger partial charge in [-0.25, -0.2) is 8.78 Å². The Morgan fingerprint density at radius 1 is 0.926 bits per heavy atom. The van der Waals surface area contributed by atoms with Crippen LogP contribution in [-0.4, -0.2) is 30.9 Å². The first-order valence-corrected chi connectivity index (χ1v) is 8.23. The van der Waals surface area contributed by atoms with E-state index in [-0.39, 0.29) is 25.9 Å². The van der Waals surface area contributed by atoms with Gasteiger partial charge in [-0.2, -0.15) is 8.78 Å². The van der Waals surface area contributed by atoms with Gasteiger partial charge in [0.1, 0.15) is 6.61 Å². The third kappa shape index (κ3) is 6.54. The molecule has 27 heavy (non-hydrogen) atoms. The van der Waals surface area contributed by atoms with Crippen molar-refractivity contribution in [2.24, 2.45) is 0 Å². The Kier molecular flexibility index (Phi) is 7.15. The lowest BCUT2D eigenvalue weighted by Crippen LogP contribution is -2.33. The molecular weight excluding hydrogens is 368 g/mol. The smallest absolute Gasteiger partial charge is 0.340 e. The largest absolute Gasteiger partial charge is 0.461 e. The zero-order chi connectivity index (χ0) is 19.9. The van der Waals surface area contributed by atoms with Crippen molar-refractivity contribution < 1.29 is 36.6 Å². The number of hydrogen-bond donors (Lipinski definition) is 0. The highest BCUT2D eigenvalue weighted by atomic mass is 19.3. The molecule has 0 saturated heterocycles. The van der Waals surface area contributed by atoms with Gasteiger partial charge in [-0.1, -0.05) is 36.4 Å². The van der Waals surface area contributed by atoms with E-state index in [9.17, 15) is 27.2 Å². The van der Waals surface area contributed by atoms with Gasteiger partial charge in [0.2, 0.25) is 0 Å². The van der Waals surface area contributed by atoms with E-state index in [2.05, 4.69) is 4.74 Å². The van der Waals surface area contributed by atoms with Gasteiger partial charge in [0.05, 0.1) is 0 Å². The van der Waals surface area contributed by atoms with Crippen LogP contribution in [0.25, 0.3) is 10.8 Å². The number of fused-ring (bicyclic) bond motifs is 1. The third-order valence-corrected chi connectivity index (χ3v) is 3.72. The highest BCUT2D eigenvalue weighted by molar-refractivity contribution is 5.83. The molecule has 0 bridgehead atoms. The van der Waals surface area contributed by atoms with Gasteiger partial charge in [-0.3, -0.25) is 9.59 Å². The third-order valence-electron chi connectivity index (χ3n) is 3.72. The van der Waals surface area contributed by atoms with E-state index in [4.69, 9.17) is 4.74 Å². The summed E-state index contributed by atoms with van der Waals surface area (Å²) in [6, 6.07) is 13.3. The lowest BCUT2D eigenvalue weighted by Gasteiger charge is -2.14. The summed E-state index contributed by atoms with van der Waals surface area (Å²) in [6.45, 7) is -1.62. The first-order valence-electron chi connectivity index (χ1n) is 8.23. The second-order valence-corrected chi connectivity index (χ2v) is 5.92. The molecule has 0 unspecified atom stereocenters. The second-order valence-electron chi connectivity index (χ2n) is 5.92. The van der Waals surface area contributed by atoms with Crippen LogP contribution in [0.5, 0.6) is 0 Å². The van der Waals surface area contributed by atoms with Crippen LogP contribution in [0, 0.1) is 0 Å². The minimum Gasteiger partial charge on any atom is -0.461 e. The fraction of sp³-hybridized carbons (Fsp3) is 0.368. The van der Waals surface area contributed by atoms with E-state index in [1.807, 2.05) is 42.5 Å². The molecule has 0 aliphatic carbocycles. The Morgan fingerprint density at radius 3 is 2.22 bits per heavy atom. The minimum atomic E-state index is -4.38. The van der Waals surface area contributed by atoms with Crippen molar-refractivity contribution in [3.8, 4) is 0 Å². The highest BCUT2D eigenvalue weighted by Crippen LogP contribution is 2.23. The maximum absolute atomic E-state index is 12.6. The molecule has 0 fully saturated rings. The first kappa shape index (κ1) is 20.7. The van der Waals surface area contributed by atoms with Crippen molar-refractivity contribution in [3.05, 3.63) is 48.0 Å². The molecule has 0 amide bonds. The number of carbonyl (C=O) groups excluding carboxylic acids is 2. The number of rotatable bonds is 9. The standard InChI is InChI=1S/C19H18F4O4/c20-18(21)19(22,23)12-27-17(25)7-3-6-16(24)26-11-13-8-9-14-4-1-2-5-15(14)10-13/h1-2,4-5,8-10,18H,3,6-7,11-12H2. The average Bonchev–Trinajstić information content (AvgIpc) is 2.64. The van der Waals surface area contributed by atoms with Crippen molar-refractivity contribution in [1.29, 1.82) is 0 Å². The summed E-state index contributed by atoms with van der Waals surface area (Å²) in [5.74, 6) is -6.01. The van der Waals surface area contributed by atoms with Crippen LogP contribution in [0.2, 0.25) is 0 Å². The van der Waals surface area contributed by atoms with Gasteiger partial charge in [0.25, 0.3) is 0 Å². The number of hydrogen-bond acceptors (Lipinski definition) is 4. The van der Waals surface area contributed by atoms with Crippen LogP contribution in [0.1, 0.15) is 24.8 Å². The molecule has 2 aromatic carbocycles. The molecule has 4 nitrogen and oxygen atoms in total. The minimum absolute atomic E-state index is 0.00956. The second kappa shape index (κ2) is 9.34. The molecule has 0 N–H and O–H groups in total. The van der Waals surface area contributed by atoms with E-state index in [1.54, 1.807) is 0 Å². The summed E-state index contributed by atoms with van der Waals surface area (Å²) in [4.78, 5) is 22.9. The van der Waals surface area contributed by atoms with E-state index in [1.165, 1.54) is 0 Å². The fourth-order valence-electron chi connectivity index (χ4n) is 2.25. The monoisotopic (exact) mass is 386 g/mol. The molecule has 0 spiro atoms. The Hall–Kier alpha value is -2.64. The van der Waals surface area contributed by atoms with Crippen molar-refractivity contribution in [1.82, 2.24) is 0 Å². The molecule has 0 aromatic heterocycles. The summed E-state index contributed by atoms with van der Waals surface area (Å²) < 4.78 is 58.3. The molecule has 8 heteroatoms. The molecule has 0 radical (unpaired) electrons. The van der Waals surface area contributed by atoms with Crippen molar-refractivity contribution >= 4 is 22.7 Å². The maximum atomic E-state index is 12.6. The summed E-state index contributed by atoms with van der Waals surface area (Å²) in [7, 11) is 0. The SMILES string of the molecule is O=C(CCCC(=O)OCC(F)(F)C(F)F)OCc1ccc2ccccc2c1. The van der Waals surface area contributed by atoms with Gasteiger partial charge in [0, 0.05) is 12.8 Å². The molecule has 0 heterocycles. The van der Waals surface area contributed by atoms with Crippen molar-refractivity contribution in [2.45, 2.75) is 38.2 Å². The normalized spacial score (nSPS) is 11.6.